The summed E-state index contributed by atoms with van der Waals surface area (Å²) in [6.07, 6.45) is 1.83. The zero-order chi connectivity index (χ0) is 22.1. The maximum absolute atomic E-state index is 13.1. The molecule has 0 atom stereocenters. The van der Waals surface area contributed by atoms with Gasteiger partial charge in [-0.05, 0) is 74.1 Å². The van der Waals surface area contributed by atoms with E-state index < -0.39 is 0 Å². The molecule has 0 N–H and O–H groups in total. The first-order valence-electron chi connectivity index (χ1n) is 9.43. The summed E-state index contributed by atoms with van der Waals surface area (Å²) in [7, 11) is 0. The van der Waals surface area contributed by atoms with E-state index in [0.29, 0.717) is 31.6 Å². The van der Waals surface area contributed by atoms with Crippen LogP contribution in [0.1, 0.15) is 22.5 Å². The van der Waals surface area contributed by atoms with Crippen LogP contribution in [0, 0.1) is 13.8 Å². The van der Waals surface area contributed by atoms with Crippen molar-refractivity contribution in [2.24, 2.45) is 0 Å². The van der Waals surface area contributed by atoms with Gasteiger partial charge in [0.15, 0.2) is 4.32 Å². The van der Waals surface area contributed by atoms with Gasteiger partial charge in [0.2, 0.25) is 0 Å². The fourth-order valence-corrected chi connectivity index (χ4v) is 4.96. The van der Waals surface area contributed by atoms with Crippen molar-refractivity contribution in [2.45, 2.75) is 20.5 Å². The Morgan fingerprint density at radius 3 is 2.52 bits per heavy atom. The lowest BCUT2D eigenvalue weighted by Crippen LogP contribution is -2.39. The summed E-state index contributed by atoms with van der Waals surface area (Å²) in [6, 6.07) is 16.8. The van der Waals surface area contributed by atoms with E-state index in [0.717, 1.165) is 22.5 Å². The molecule has 0 bridgehead atoms. The second-order valence-corrected chi connectivity index (χ2v) is 9.54. The van der Waals surface area contributed by atoms with Gasteiger partial charge >= 0.3 is 0 Å². The van der Waals surface area contributed by atoms with Crippen LogP contribution in [0.25, 0.3) is 6.08 Å². The topological polar surface area (TPSA) is 34.5 Å². The molecule has 1 saturated heterocycles. The Hall–Kier alpha value is -2.25. The van der Waals surface area contributed by atoms with Crippen LogP contribution in [0.15, 0.2) is 59.5 Å². The Morgan fingerprint density at radius 1 is 1.06 bits per heavy atom. The van der Waals surface area contributed by atoms with Crippen molar-refractivity contribution in [1.29, 1.82) is 0 Å². The lowest BCUT2D eigenvalue weighted by atomic mass is 10.2. The third kappa shape index (κ3) is 4.67. The highest BCUT2D eigenvalue weighted by molar-refractivity contribution is 8.27. The van der Waals surface area contributed by atoms with Crippen LogP contribution < -0.4 is 9.75 Å². The van der Waals surface area contributed by atoms with Gasteiger partial charge in [-0.3, -0.25) is 9.47 Å². The van der Waals surface area contributed by atoms with Crippen molar-refractivity contribution in [3.8, 4) is 5.75 Å². The molecule has 2 aromatic carbocycles. The molecule has 1 fully saturated rings. The number of hydrogen-bond donors (Lipinski definition) is 0. The molecule has 0 aliphatic carbocycles. The van der Waals surface area contributed by atoms with Gasteiger partial charge in [-0.2, -0.15) is 5.01 Å². The second-order valence-electron chi connectivity index (χ2n) is 7.02. The van der Waals surface area contributed by atoms with Crippen molar-refractivity contribution >= 4 is 63.5 Å². The number of benzene rings is 2. The fourth-order valence-electron chi connectivity index (χ4n) is 3.25. The molecule has 0 spiro atoms. The lowest BCUT2D eigenvalue weighted by molar-refractivity contribution is -0.114. The zero-order valence-corrected chi connectivity index (χ0v) is 19.9. The van der Waals surface area contributed by atoms with E-state index in [1.807, 2.05) is 67.1 Å². The summed E-state index contributed by atoms with van der Waals surface area (Å²) in [4.78, 5) is 13.6. The molecule has 1 aromatic heterocycles. The Labute approximate surface area is 200 Å². The normalized spacial score (nSPS) is 15.2. The molecule has 4 rings (SSSR count). The molecular weight excluding hydrogens is 471 g/mol. The van der Waals surface area contributed by atoms with E-state index in [-0.39, 0.29) is 5.91 Å². The minimum Gasteiger partial charge on any atom is -0.489 e. The molecule has 1 amide bonds. The quantitative estimate of drug-likeness (QED) is 0.302. The molecule has 1 aliphatic rings. The third-order valence-electron chi connectivity index (χ3n) is 4.77. The number of amides is 1. The number of rotatable bonds is 5. The standard InChI is InChI=1S/C23H18Cl2N2O2S2/c1-14-6-7-15(2)26(14)27-22(28)21(31-23(27)30)11-16-4-3-5-19(10-16)29-13-17-8-9-18(24)12-20(17)25/h3-12H,13H2,1-2H3/b21-11+. The molecule has 1 aliphatic heterocycles. The maximum atomic E-state index is 13.1. The lowest BCUT2D eigenvalue weighted by Gasteiger charge is -2.20. The number of aryl methyl sites for hydroxylation is 2. The largest absolute Gasteiger partial charge is 0.489 e. The minimum atomic E-state index is -0.142. The highest BCUT2D eigenvalue weighted by Crippen LogP contribution is 2.33. The molecule has 0 radical (unpaired) electrons. The van der Waals surface area contributed by atoms with Crippen molar-refractivity contribution in [2.75, 3.05) is 5.01 Å². The van der Waals surface area contributed by atoms with Crippen LogP contribution in [0.3, 0.4) is 0 Å². The summed E-state index contributed by atoms with van der Waals surface area (Å²) >= 11 is 18.9. The SMILES string of the molecule is Cc1ccc(C)n1N1C(=O)/C(=C\c2cccc(OCc3ccc(Cl)cc3Cl)c2)SC1=S. The molecule has 4 nitrogen and oxygen atoms in total. The summed E-state index contributed by atoms with van der Waals surface area (Å²) < 4.78 is 8.23. The second kappa shape index (κ2) is 9.09. The van der Waals surface area contributed by atoms with Gasteiger partial charge in [-0.15, -0.1) is 0 Å². The third-order valence-corrected chi connectivity index (χ3v) is 6.64. The highest BCUT2D eigenvalue weighted by atomic mass is 35.5. The first-order valence-corrected chi connectivity index (χ1v) is 11.4. The molecular formula is C23H18Cl2N2O2S2. The van der Waals surface area contributed by atoms with Gasteiger partial charge in [0.05, 0.1) is 4.91 Å². The van der Waals surface area contributed by atoms with E-state index in [1.54, 1.807) is 17.1 Å². The van der Waals surface area contributed by atoms with Crippen molar-refractivity contribution < 1.29 is 9.53 Å². The van der Waals surface area contributed by atoms with Gasteiger partial charge in [-0.1, -0.05) is 53.2 Å². The first-order chi connectivity index (χ1) is 14.8. The van der Waals surface area contributed by atoms with Crippen molar-refractivity contribution in [3.63, 3.8) is 0 Å². The van der Waals surface area contributed by atoms with Crippen LogP contribution in [-0.4, -0.2) is 14.9 Å². The summed E-state index contributed by atoms with van der Waals surface area (Å²) in [5, 5.41) is 2.68. The van der Waals surface area contributed by atoms with E-state index >= 15 is 0 Å². The molecule has 158 valence electrons. The van der Waals surface area contributed by atoms with Gasteiger partial charge < -0.3 is 4.74 Å². The number of carbonyl (C=O) groups is 1. The highest BCUT2D eigenvalue weighted by Gasteiger charge is 2.34. The smallest absolute Gasteiger partial charge is 0.285 e. The molecule has 0 saturated carbocycles. The number of carbonyl (C=O) groups excluding carboxylic acids is 1. The molecule has 3 aromatic rings. The number of thioether (sulfide) groups is 1. The Balaban J connectivity index is 1.53. The van der Waals surface area contributed by atoms with Crippen LogP contribution in [0.2, 0.25) is 10.0 Å². The van der Waals surface area contributed by atoms with Gasteiger partial charge in [-0.25, -0.2) is 0 Å². The number of thiocarbonyl (C=S) groups is 1. The summed E-state index contributed by atoms with van der Waals surface area (Å²) in [5.74, 6) is 0.531. The van der Waals surface area contributed by atoms with Crippen molar-refractivity contribution in [1.82, 2.24) is 4.68 Å². The number of aromatic nitrogens is 1. The summed E-state index contributed by atoms with van der Waals surface area (Å²) in [5.41, 5.74) is 3.59. The minimum absolute atomic E-state index is 0.142. The zero-order valence-electron chi connectivity index (χ0n) is 16.8. The molecule has 0 unspecified atom stereocenters. The van der Waals surface area contributed by atoms with Gasteiger partial charge in [0.25, 0.3) is 5.91 Å². The maximum Gasteiger partial charge on any atom is 0.285 e. The summed E-state index contributed by atoms with van der Waals surface area (Å²) in [6.45, 7) is 4.21. The number of ether oxygens (including phenoxy) is 1. The number of halogens is 2. The van der Waals surface area contributed by atoms with Crippen LogP contribution >= 0.6 is 47.2 Å². The Morgan fingerprint density at radius 2 is 1.81 bits per heavy atom. The Kier molecular flexibility index (Phi) is 6.44. The first kappa shape index (κ1) is 22.0. The van der Waals surface area contributed by atoms with Crippen LogP contribution in [-0.2, 0) is 11.4 Å². The van der Waals surface area contributed by atoms with E-state index in [9.17, 15) is 4.79 Å². The monoisotopic (exact) mass is 488 g/mol. The predicted molar refractivity (Wildman–Crippen MR) is 133 cm³/mol. The van der Waals surface area contributed by atoms with E-state index in [4.69, 9.17) is 40.2 Å². The molecule has 8 heteroatoms. The molecule has 31 heavy (non-hydrogen) atoms. The van der Waals surface area contributed by atoms with Gasteiger partial charge in [0, 0.05) is 27.0 Å². The average Bonchev–Trinajstić information content (AvgIpc) is 3.19. The Bertz CT molecular complexity index is 1200. The van der Waals surface area contributed by atoms with Crippen molar-refractivity contribution in [3.05, 3.63) is 92.1 Å². The van der Waals surface area contributed by atoms with E-state index in [2.05, 4.69) is 0 Å². The predicted octanol–water partition coefficient (Wildman–Crippen LogP) is 6.53. The fraction of sp³-hybridized carbons (Fsp3) is 0.130. The van der Waals surface area contributed by atoms with Crippen LogP contribution in [0.4, 0.5) is 0 Å². The molecule has 2 heterocycles. The van der Waals surface area contributed by atoms with Crippen LogP contribution in [0.5, 0.6) is 5.75 Å². The number of nitrogens with zero attached hydrogens (tertiary/aromatic N) is 2. The van der Waals surface area contributed by atoms with E-state index in [1.165, 1.54) is 11.8 Å². The average molecular weight is 489 g/mol. The number of hydrogen-bond acceptors (Lipinski definition) is 4. The van der Waals surface area contributed by atoms with Gasteiger partial charge in [0.1, 0.15) is 12.4 Å².